The molecule has 0 spiro atoms. The number of amides is 1. The van der Waals surface area contributed by atoms with Crippen molar-refractivity contribution in [3.05, 3.63) is 59.4 Å². The number of nitrogens with zero attached hydrogens (tertiary/aromatic N) is 1. The molecular formula is C17H16F3N3O. The highest BCUT2D eigenvalue weighted by Gasteiger charge is 2.45. The zero-order valence-corrected chi connectivity index (χ0v) is 12.7. The van der Waals surface area contributed by atoms with Crippen LogP contribution in [-0.2, 0) is 11.6 Å². The number of alkyl halides is 3. The molecule has 1 aromatic heterocycles. The SMILES string of the molecule is NC(=O)c1cnccc1NCC1(c2cccc(C(F)(F)F)c2)CC1. The van der Waals surface area contributed by atoms with Gasteiger partial charge in [0.2, 0.25) is 0 Å². The largest absolute Gasteiger partial charge is 0.416 e. The Morgan fingerprint density at radius 1 is 1.29 bits per heavy atom. The fourth-order valence-corrected chi connectivity index (χ4v) is 2.75. The number of benzene rings is 1. The van der Waals surface area contributed by atoms with Gasteiger partial charge in [0.15, 0.2) is 0 Å². The van der Waals surface area contributed by atoms with Crippen LogP contribution in [0.15, 0.2) is 42.7 Å². The molecule has 1 aliphatic rings. The van der Waals surface area contributed by atoms with Gasteiger partial charge in [-0.25, -0.2) is 0 Å². The monoisotopic (exact) mass is 335 g/mol. The average Bonchev–Trinajstić information content (AvgIpc) is 3.34. The molecule has 0 aliphatic heterocycles. The van der Waals surface area contributed by atoms with Gasteiger partial charge in [-0.05, 0) is 30.5 Å². The van der Waals surface area contributed by atoms with Gasteiger partial charge in [0.05, 0.1) is 16.8 Å². The number of rotatable bonds is 5. The molecule has 0 radical (unpaired) electrons. The van der Waals surface area contributed by atoms with E-state index in [2.05, 4.69) is 10.3 Å². The van der Waals surface area contributed by atoms with Crippen molar-refractivity contribution in [3.63, 3.8) is 0 Å². The summed E-state index contributed by atoms with van der Waals surface area (Å²) < 4.78 is 38.7. The van der Waals surface area contributed by atoms with Crippen LogP contribution in [0.5, 0.6) is 0 Å². The summed E-state index contributed by atoms with van der Waals surface area (Å²) in [4.78, 5) is 15.3. The number of nitrogens with one attached hydrogen (secondary N) is 1. The van der Waals surface area contributed by atoms with Gasteiger partial charge in [-0.2, -0.15) is 13.2 Å². The van der Waals surface area contributed by atoms with Gasteiger partial charge in [-0.15, -0.1) is 0 Å². The molecule has 1 aromatic carbocycles. The van der Waals surface area contributed by atoms with Crippen molar-refractivity contribution < 1.29 is 18.0 Å². The highest BCUT2D eigenvalue weighted by molar-refractivity contribution is 5.98. The first-order valence-electron chi connectivity index (χ1n) is 7.47. The number of hydrogen-bond donors (Lipinski definition) is 2. The minimum atomic E-state index is -4.36. The van der Waals surface area contributed by atoms with Crippen molar-refractivity contribution in [1.82, 2.24) is 4.98 Å². The quantitative estimate of drug-likeness (QED) is 0.880. The van der Waals surface area contributed by atoms with Crippen LogP contribution in [0, 0.1) is 0 Å². The normalized spacial score (nSPS) is 15.8. The summed E-state index contributed by atoms with van der Waals surface area (Å²) in [6.45, 7) is 0.429. The Hall–Kier alpha value is -2.57. The molecule has 126 valence electrons. The molecule has 1 amide bonds. The van der Waals surface area contributed by atoms with Crippen molar-refractivity contribution in [3.8, 4) is 0 Å². The molecule has 7 heteroatoms. The molecule has 4 nitrogen and oxygen atoms in total. The van der Waals surface area contributed by atoms with Crippen LogP contribution in [0.4, 0.5) is 18.9 Å². The topological polar surface area (TPSA) is 68.0 Å². The smallest absolute Gasteiger partial charge is 0.383 e. The van der Waals surface area contributed by atoms with Gasteiger partial charge in [0.25, 0.3) is 5.91 Å². The van der Waals surface area contributed by atoms with Crippen molar-refractivity contribution in [2.45, 2.75) is 24.4 Å². The van der Waals surface area contributed by atoms with E-state index in [4.69, 9.17) is 5.73 Å². The molecule has 2 aromatic rings. The lowest BCUT2D eigenvalue weighted by Crippen LogP contribution is -2.22. The van der Waals surface area contributed by atoms with Crippen LogP contribution in [-0.4, -0.2) is 17.4 Å². The van der Waals surface area contributed by atoms with Gasteiger partial charge in [-0.1, -0.05) is 18.2 Å². The van der Waals surface area contributed by atoms with Crippen LogP contribution < -0.4 is 11.1 Å². The number of anilines is 1. The summed E-state index contributed by atoms with van der Waals surface area (Å²) in [6, 6.07) is 7.05. The van der Waals surface area contributed by atoms with E-state index in [0.29, 0.717) is 17.8 Å². The molecule has 0 saturated heterocycles. The first-order valence-corrected chi connectivity index (χ1v) is 7.47. The molecule has 0 atom stereocenters. The van der Waals surface area contributed by atoms with Gasteiger partial charge < -0.3 is 11.1 Å². The number of hydrogen-bond acceptors (Lipinski definition) is 3. The van der Waals surface area contributed by atoms with Crippen LogP contribution in [0.25, 0.3) is 0 Å². The number of nitrogens with two attached hydrogens (primary N) is 1. The van der Waals surface area contributed by atoms with Crippen LogP contribution in [0.2, 0.25) is 0 Å². The lowest BCUT2D eigenvalue weighted by Gasteiger charge is -2.19. The van der Waals surface area contributed by atoms with Crippen molar-refractivity contribution in [2.24, 2.45) is 5.73 Å². The molecule has 24 heavy (non-hydrogen) atoms. The second-order valence-corrected chi connectivity index (χ2v) is 6.00. The van der Waals surface area contributed by atoms with E-state index < -0.39 is 17.6 Å². The minimum Gasteiger partial charge on any atom is -0.383 e. The summed E-state index contributed by atoms with van der Waals surface area (Å²) in [6.07, 6.45) is 0.119. The lowest BCUT2D eigenvalue weighted by molar-refractivity contribution is -0.137. The van der Waals surface area contributed by atoms with Crippen LogP contribution >= 0.6 is 0 Å². The first kappa shape index (κ1) is 16.3. The third kappa shape index (κ3) is 3.20. The molecule has 1 saturated carbocycles. The summed E-state index contributed by atoms with van der Waals surface area (Å²) in [5.74, 6) is -0.602. The second-order valence-electron chi connectivity index (χ2n) is 6.00. The van der Waals surface area contributed by atoms with Crippen LogP contribution in [0.3, 0.4) is 0 Å². The Kier molecular flexibility index (Phi) is 3.95. The van der Waals surface area contributed by atoms with Crippen molar-refractivity contribution >= 4 is 11.6 Å². The van der Waals surface area contributed by atoms with Gasteiger partial charge in [0.1, 0.15) is 0 Å². The zero-order valence-electron chi connectivity index (χ0n) is 12.7. The third-order valence-electron chi connectivity index (χ3n) is 4.36. The second kappa shape index (κ2) is 5.81. The van der Waals surface area contributed by atoms with E-state index in [1.807, 2.05) is 0 Å². The summed E-state index contributed by atoms with van der Waals surface area (Å²) in [5, 5.41) is 3.13. The standard InChI is InChI=1S/C17H16F3N3O/c18-17(19,20)12-3-1-2-11(8-12)16(5-6-16)10-23-14-4-7-22-9-13(14)15(21)24/h1-4,7-9H,5-6,10H2,(H2,21,24)(H,22,23). The molecular weight excluding hydrogens is 319 g/mol. The van der Waals surface area contributed by atoms with E-state index in [1.54, 1.807) is 12.1 Å². The lowest BCUT2D eigenvalue weighted by atomic mass is 9.94. The average molecular weight is 335 g/mol. The molecule has 0 unspecified atom stereocenters. The van der Waals surface area contributed by atoms with E-state index in [0.717, 1.165) is 18.9 Å². The molecule has 3 N–H and O–H groups in total. The molecule has 1 heterocycles. The Labute approximate surface area is 136 Å². The van der Waals surface area contributed by atoms with E-state index in [1.165, 1.54) is 24.5 Å². The maximum atomic E-state index is 12.9. The summed E-state index contributed by atoms with van der Waals surface area (Å²) in [5.41, 5.74) is 5.76. The number of primary amides is 1. The third-order valence-corrected chi connectivity index (χ3v) is 4.36. The van der Waals surface area contributed by atoms with Gasteiger partial charge in [-0.3, -0.25) is 9.78 Å². The Balaban J connectivity index is 1.80. The molecule has 3 rings (SSSR count). The number of aromatic nitrogens is 1. The van der Waals surface area contributed by atoms with E-state index in [-0.39, 0.29) is 11.0 Å². The first-order chi connectivity index (χ1) is 11.3. The highest BCUT2D eigenvalue weighted by atomic mass is 19.4. The zero-order chi connectivity index (χ0) is 17.4. The van der Waals surface area contributed by atoms with Gasteiger partial charge in [0, 0.05) is 24.4 Å². The molecule has 1 fully saturated rings. The fourth-order valence-electron chi connectivity index (χ4n) is 2.75. The maximum Gasteiger partial charge on any atom is 0.416 e. The maximum absolute atomic E-state index is 12.9. The highest BCUT2D eigenvalue weighted by Crippen LogP contribution is 2.49. The van der Waals surface area contributed by atoms with Gasteiger partial charge >= 0.3 is 6.18 Å². The molecule has 0 bridgehead atoms. The Morgan fingerprint density at radius 3 is 2.67 bits per heavy atom. The number of pyridine rings is 1. The fraction of sp³-hybridized carbons (Fsp3) is 0.294. The van der Waals surface area contributed by atoms with Crippen molar-refractivity contribution in [2.75, 3.05) is 11.9 Å². The Bertz CT molecular complexity index is 770. The predicted molar refractivity (Wildman–Crippen MR) is 83.6 cm³/mol. The van der Waals surface area contributed by atoms with E-state index in [9.17, 15) is 18.0 Å². The van der Waals surface area contributed by atoms with Crippen molar-refractivity contribution in [1.29, 1.82) is 0 Å². The van der Waals surface area contributed by atoms with Crippen LogP contribution in [0.1, 0.15) is 34.3 Å². The molecule has 1 aliphatic carbocycles. The summed E-state index contributed by atoms with van der Waals surface area (Å²) in [7, 11) is 0. The predicted octanol–water partition coefficient (Wildman–Crippen LogP) is 3.34. The van der Waals surface area contributed by atoms with E-state index >= 15 is 0 Å². The summed E-state index contributed by atoms with van der Waals surface area (Å²) >= 11 is 0. The Morgan fingerprint density at radius 2 is 2.04 bits per heavy atom. The number of carbonyl (C=O) groups excluding carboxylic acids is 1. The number of carbonyl (C=O) groups is 1. The number of halogens is 3. The minimum absolute atomic E-state index is 0.261.